The summed E-state index contributed by atoms with van der Waals surface area (Å²) in [6.07, 6.45) is 3.28. The first kappa shape index (κ1) is 23.5. The van der Waals surface area contributed by atoms with E-state index >= 15 is 0 Å². The van der Waals surface area contributed by atoms with Crippen LogP contribution in [0.1, 0.15) is 19.8 Å². The van der Waals surface area contributed by atoms with Gasteiger partial charge in [0.15, 0.2) is 4.80 Å². The Morgan fingerprint density at radius 1 is 1.25 bits per heavy atom. The molecule has 0 N–H and O–H groups in total. The Balaban J connectivity index is 1.61. The third-order valence-electron chi connectivity index (χ3n) is 5.60. The molecule has 1 aliphatic heterocycles. The second-order valence-corrected chi connectivity index (χ2v) is 11.8. The van der Waals surface area contributed by atoms with Gasteiger partial charge in [-0.3, -0.25) is 4.79 Å². The van der Waals surface area contributed by atoms with Crippen molar-refractivity contribution < 1.29 is 13.2 Å². The minimum absolute atomic E-state index is 0.140. The molecule has 6 nitrogen and oxygen atoms in total. The first-order chi connectivity index (χ1) is 15.3. The number of hydrogen-bond acceptors (Lipinski definition) is 5. The number of thioether (sulfide) groups is 1. The molecule has 0 aliphatic carbocycles. The predicted molar refractivity (Wildman–Crippen MR) is 131 cm³/mol. The molecule has 1 atom stereocenters. The van der Waals surface area contributed by atoms with Crippen molar-refractivity contribution in [1.82, 2.24) is 8.87 Å². The zero-order chi connectivity index (χ0) is 22.9. The van der Waals surface area contributed by atoms with Crippen LogP contribution >= 0.6 is 34.7 Å². The molecule has 0 saturated carbocycles. The number of thiazole rings is 1. The number of amides is 1. The lowest BCUT2D eigenvalue weighted by Crippen LogP contribution is -2.42. The standard InChI is InChI=1S/C22H24ClN3O3S3/c1-3-26-19-11-8-17(30-2)13-20(19)31-22(26)24-21(27)15-5-4-12-25(14-15)32(28,29)18-9-6-16(23)7-10-18/h6-11,13,15H,3-5,12,14H2,1-2H3. The summed E-state index contributed by atoms with van der Waals surface area (Å²) in [5.41, 5.74) is 1.05. The number of carbonyl (C=O) groups excluding carboxylic acids is 1. The highest BCUT2D eigenvalue weighted by Gasteiger charge is 2.33. The molecule has 1 saturated heterocycles. The van der Waals surface area contributed by atoms with Crippen LogP contribution in [-0.2, 0) is 21.4 Å². The molecular formula is C22H24ClN3O3S3. The van der Waals surface area contributed by atoms with E-state index in [9.17, 15) is 13.2 Å². The molecule has 3 aromatic rings. The first-order valence-corrected chi connectivity index (χ1v) is 14.2. The fourth-order valence-electron chi connectivity index (χ4n) is 3.87. The lowest BCUT2D eigenvalue weighted by molar-refractivity contribution is -0.122. The SMILES string of the molecule is CCn1c(=NC(=O)C2CCCN(S(=O)(=O)c3ccc(Cl)cc3)C2)sc2cc(SC)ccc21. The van der Waals surface area contributed by atoms with Gasteiger partial charge >= 0.3 is 0 Å². The Labute approximate surface area is 201 Å². The van der Waals surface area contributed by atoms with Gasteiger partial charge in [0, 0.05) is 29.6 Å². The number of carbonyl (C=O) groups is 1. The molecule has 0 radical (unpaired) electrons. The summed E-state index contributed by atoms with van der Waals surface area (Å²) in [4.78, 5) is 19.5. The van der Waals surface area contributed by atoms with Crippen LogP contribution < -0.4 is 4.80 Å². The monoisotopic (exact) mass is 509 g/mol. The van der Waals surface area contributed by atoms with E-state index in [1.165, 1.54) is 27.8 Å². The summed E-state index contributed by atoms with van der Waals surface area (Å²) < 4.78 is 30.6. The maximum atomic E-state index is 13.1. The molecule has 1 aliphatic rings. The van der Waals surface area contributed by atoms with Crippen LogP contribution in [-0.4, -0.2) is 42.5 Å². The zero-order valence-corrected chi connectivity index (χ0v) is 21.0. The number of halogens is 1. The predicted octanol–water partition coefficient (Wildman–Crippen LogP) is 4.63. The van der Waals surface area contributed by atoms with E-state index in [1.807, 2.05) is 17.7 Å². The largest absolute Gasteiger partial charge is 0.317 e. The molecule has 1 aromatic heterocycles. The molecule has 32 heavy (non-hydrogen) atoms. The Bertz CT molecular complexity index is 1310. The van der Waals surface area contributed by atoms with Crippen LogP contribution in [0.4, 0.5) is 0 Å². The fourth-order valence-corrected chi connectivity index (χ4v) is 7.18. The lowest BCUT2D eigenvalue weighted by atomic mass is 9.99. The average molecular weight is 510 g/mol. The molecule has 2 aromatic carbocycles. The normalized spacial score (nSPS) is 18.3. The van der Waals surface area contributed by atoms with Crippen LogP contribution in [0.3, 0.4) is 0 Å². The number of rotatable bonds is 5. The van der Waals surface area contributed by atoms with E-state index in [2.05, 4.69) is 23.2 Å². The van der Waals surface area contributed by atoms with Crippen LogP contribution in [0.5, 0.6) is 0 Å². The molecule has 0 bridgehead atoms. The summed E-state index contributed by atoms with van der Waals surface area (Å²) >= 11 is 9.06. The zero-order valence-electron chi connectivity index (χ0n) is 17.8. The Kier molecular flexibility index (Phi) is 7.11. The lowest BCUT2D eigenvalue weighted by Gasteiger charge is -2.30. The van der Waals surface area contributed by atoms with Crippen molar-refractivity contribution in [2.75, 3.05) is 19.3 Å². The quantitative estimate of drug-likeness (QED) is 0.470. The first-order valence-electron chi connectivity index (χ1n) is 10.3. The molecule has 4 rings (SSSR count). The van der Waals surface area contributed by atoms with Gasteiger partial charge in [0.25, 0.3) is 5.91 Å². The van der Waals surface area contributed by atoms with Gasteiger partial charge in [-0.15, -0.1) is 11.8 Å². The van der Waals surface area contributed by atoms with Crippen LogP contribution in [0.15, 0.2) is 57.2 Å². The maximum Gasteiger partial charge on any atom is 0.252 e. The highest BCUT2D eigenvalue weighted by Crippen LogP contribution is 2.26. The van der Waals surface area contributed by atoms with Gasteiger partial charge < -0.3 is 4.57 Å². The summed E-state index contributed by atoms with van der Waals surface area (Å²) in [6, 6.07) is 12.4. The van der Waals surface area contributed by atoms with Crippen LogP contribution in [0, 0.1) is 5.92 Å². The second kappa shape index (κ2) is 9.69. The van der Waals surface area contributed by atoms with E-state index in [-0.39, 0.29) is 17.3 Å². The molecule has 2 heterocycles. The van der Waals surface area contributed by atoms with Crippen molar-refractivity contribution in [2.45, 2.75) is 36.1 Å². The van der Waals surface area contributed by atoms with Crippen molar-refractivity contribution in [1.29, 1.82) is 0 Å². The van der Waals surface area contributed by atoms with Gasteiger partial charge in [-0.25, -0.2) is 8.42 Å². The number of benzene rings is 2. The maximum absolute atomic E-state index is 13.1. The fraction of sp³-hybridized carbons (Fsp3) is 0.364. The molecule has 0 spiro atoms. The number of piperidine rings is 1. The third kappa shape index (κ3) is 4.68. The van der Waals surface area contributed by atoms with Crippen molar-refractivity contribution >= 4 is 60.8 Å². The number of aromatic nitrogens is 1. The van der Waals surface area contributed by atoms with Gasteiger partial charge in [0.05, 0.1) is 21.0 Å². The Morgan fingerprint density at radius 2 is 2.00 bits per heavy atom. The molecule has 1 unspecified atom stereocenters. The van der Waals surface area contributed by atoms with Gasteiger partial charge in [0.2, 0.25) is 10.0 Å². The van der Waals surface area contributed by atoms with Crippen LogP contribution in [0.25, 0.3) is 10.2 Å². The topological polar surface area (TPSA) is 71.7 Å². The van der Waals surface area contributed by atoms with Crippen molar-refractivity contribution in [2.24, 2.45) is 10.9 Å². The molecule has 170 valence electrons. The average Bonchev–Trinajstić information content (AvgIpc) is 3.15. The van der Waals surface area contributed by atoms with Gasteiger partial charge in [-0.2, -0.15) is 9.30 Å². The molecular weight excluding hydrogens is 486 g/mol. The van der Waals surface area contributed by atoms with E-state index in [0.29, 0.717) is 35.8 Å². The van der Waals surface area contributed by atoms with Crippen molar-refractivity contribution in [3.63, 3.8) is 0 Å². The van der Waals surface area contributed by atoms with Crippen LogP contribution in [0.2, 0.25) is 5.02 Å². The number of fused-ring (bicyclic) bond motifs is 1. The van der Waals surface area contributed by atoms with E-state index < -0.39 is 15.9 Å². The van der Waals surface area contributed by atoms with Gasteiger partial charge in [0.1, 0.15) is 0 Å². The number of aryl methyl sites for hydroxylation is 1. The molecule has 10 heteroatoms. The molecule has 1 amide bonds. The third-order valence-corrected chi connectivity index (χ3v) is 9.49. The number of nitrogens with zero attached hydrogens (tertiary/aromatic N) is 3. The van der Waals surface area contributed by atoms with Crippen molar-refractivity contribution in [3.8, 4) is 0 Å². The summed E-state index contributed by atoms with van der Waals surface area (Å²) in [6.45, 7) is 3.26. The minimum Gasteiger partial charge on any atom is -0.317 e. The van der Waals surface area contributed by atoms with Crippen molar-refractivity contribution in [3.05, 3.63) is 52.3 Å². The molecule has 1 fully saturated rings. The van der Waals surface area contributed by atoms with E-state index in [1.54, 1.807) is 23.9 Å². The summed E-state index contributed by atoms with van der Waals surface area (Å²) in [5.74, 6) is -0.719. The van der Waals surface area contributed by atoms with E-state index in [0.717, 1.165) is 15.1 Å². The number of hydrogen-bond donors (Lipinski definition) is 0. The smallest absolute Gasteiger partial charge is 0.252 e. The number of sulfonamides is 1. The van der Waals surface area contributed by atoms with Gasteiger partial charge in [-0.1, -0.05) is 22.9 Å². The van der Waals surface area contributed by atoms with Gasteiger partial charge in [-0.05, 0) is 68.5 Å². The second-order valence-electron chi connectivity index (χ2n) is 7.57. The Hall–Kier alpha value is -1.65. The summed E-state index contributed by atoms with van der Waals surface area (Å²) in [7, 11) is -3.68. The Morgan fingerprint density at radius 3 is 2.69 bits per heavy atom. The van der Waals surface area contributed by atoms with E-state index in [4.69, 9.17) is 11.6 Å². The minimum atomic E-state index is -3.68. The highest BCUT2D eigenvalue weighted by atomic mass is 35.5. The summed E-state index contributed by atoms with van der Waals surface area (Å²) in [5, 5.41) is 0.478. The highest BCUT2D eigenvalue weighted by molar-refractivity contribution is 7.98.